The second-order valence-electron chi connectivity index (χ2n) is 6.20. The summed E-state index contributed by atoms with van der Waals surface area (Å²) >= 11 is 1.59. The van der Waals surface area contributed by atoms with Gasteiger partial charge in [-0.15, -0.1) is 11.3 Å². The normalized spacial score (nSPS) is 11.9. The van der Waals surface area contributed by atoms with Crippen LogP contribution in [-0.4, -0.2) is 27.5 Å². The largest absolute Gasteiger partial charge is 0.462 e. The van der Waals surface area contributed by atoms with E-state index < -0.39 is 5.97 Å². The molecular weight excluding hydrogens is 360 g/mol. The zero-order chi connectivity index (χ0) is 19.4. The molecule has 140 valence electrons. The van der Waals surface area contributed by atoms with Gasteiger partial charge in [0.25, 0.3) is 0 Å². The number of thiazole rings is 1. The molecule has 1 unspecified atom stereocenters. The zero-order valence-electron chi connectivity index (χ0n) is 15.8. The van der Waals surface area contributed by atoms with Gasteiger partial charge in [-0.25, -0.2) is 19.7 Å². The first-order valence-corrected chi connectivity index (χ1v) is 9.65. The number of carbonyl (C=O) groups is 1. The minimum atomic E-state index is -0.447. The standard InChI is InChI=1S/C20H22N4O2S/c1-5-26-20(25)16-10-21-18(15-8-6-7-12(2)9-15)24-19(16)22-13(3)17-11-27-14(4)23-17/h6-11,13H,5H2,1-4H3,(H,21,22,24). The summed E-state index contributed by atoms with van der Waals surface area (Å²) in [5, 5.41) is 6.29. The number of hydrogen-bond acceptors (Lipinski definition) is 7. The van der Waals surface area contributed by atoms with Crippen molar-refractivity contribution in [2.45, 2.75) is 33.7 Å². The SMILES string of the molecule is CCOC(=O)c1cnc(-c2cccc(C)c2)nc1NC(C)c1csc(C)n1. The number of ether oxygens (including phenoxy) is 1. The van der Waals surface area contributed by atoms with Gasteiger partial charge in [0.1, 0.15) is 11.4 Å². The van der Waals surface area contributed by atoms with Crippen LogP contribution in [0.4, 0.5) is 5.82 Å². The molecule has 0 saturated carbocycles. The lowest BCUT2D eigenvalue weighted by molar-refractivity contribution is 0.0526. The molecule has 1 aromatic carbocycles. The lowest BCUT2D eigenvalue weighted by atomic mass is 10.1. The van der Waals surface area contributed by atoms with E-state index in [1.54, 1.807) is 18.3 Å². The highest BCUT2D eigenvalue weighted by Gasteiger charge is 2.19. The molecule has 3 rings (SSSR count). The van der Waals surface area contributed by atoms with E-state index >= 15 is 0 Å². The van der Waals surface area contributed by atoms with Crippen molar-refractivity contribution in [1.82, 2.24) is 15.0 Å². The van der Waals surface area contributed by atoms with Crippen molar-refractivity contribution < 1.29 is 9.53 Å². The summed E-state index contributed by atoms with van der Waals surface area (Å²) < 4.78 is 5.15. The van der Waals surface area contributed by atoms with Gasteiger partial charge in [0.15, 0.2) is 5.82 Å². The Balaban J connectivity index is 1.98. The van der Waals surface area contributed by atoms with E-state index in [4.69, 9.17) is 4.74 Å². The molecule has 0 radical (unpaired) electrons. The lowest BCUT2D eigenvalue weighted by Crippen LogP contribution is -2.15. The number of nitrogens with one attached hydrogen (secondary N) is 1. The maximum atomic E-state index is 12.3. The molecule has 3 aromatic rings. The van der Waals surface area contributed by atoms with Gasteiger partial charge in [0, 0.05) is 17.1 Å². The number of aryl methyl sites for hydroxylation is 2. The van der Waals surface area contributed by atoms with E-state index in [0.29, 0.717) is 23.8 Å². The number of anilines is 1. The van der Waals surface area contributed by atoms with E-state index in [1.807, 2.05) is 50.4 Å². The predicted octanol–water partition coefficient (Wildman–Crippen LogP) is 4.57. The van der Waals surface area contributed by atoms with E-state index in [1.165, 1.54) is 6.20 Å². The molecule has 0 aliphatic heterocycles. The molecule has 2 heterocycles. The monoisotopic (exact) mass is 382 g/mol. The molecule has 1 atom stereocenters. The maximum Gasteiger partial charge on any atom is 0.343 e. The Bertz CT molecular complexity index is 955. The minimum Gasteiger partial charge on any atom is -0.462 e. The summed E-state index contributed by atoms with van der Waals surface area (Å²) in [5.74, 6) is 0.548. The summed E-state index contributed by atoms with van der Waals surface area (Å²) in [4.78, 5) is 25.8. The lowest BCUT2D eigenvalue weighted by Gasteiger charge is -2.16. The Morgan fingerprint density at radius 2 is 2.11 bits per heavy atom. The van der Waals surface area contributed by atoms with Crippen LogP contribution in [-0.2, 0) is 4.74 Å². The van der Waals surface area contributed by atoms with Crippen LogP contribution in [0.15, 0.2) is 35.8 Å². The molecule has 0 spiro atoms. The molecule has 2 aromatic heterocycles. The van der Waals surface area contributed by atoms with Crippen molar-refractivity contribution in [2.24, 2.45) is 0 Å². The van der Waals surface area contributed by atoms with E-state index in [-0.39, 0.29) is 6.04 Å². The van der Waals surface area contributed by atoms with Crippen molar-refractivity contribution in [3.05, 3.63) is 57.7 Å². The molecule has 0 aliphatic carbocycles. The molecular formula is C20H22N4O2S. The van der Waals surface area contributed by atoms with Gasteiger partial charge in [0.2, 0.25) is 0 Å². The van der Waals surface area contributed by atoms with Crippen LogP contribution < -0.4 is 5.32 Å². The first-order chi connectivity index (χ1) is 13.0. The Labute approximate surface area is 162 Å². The van der Waals surface area contributed by atoms with Crippen LogP contribution in [0.5, 0.6) is 0 Å². The summed E-state index contributed by atoms with van der Waals surface area (Å²) in [7, 11) is 0. The number of benzene rings is 1. The number of nitrogens with zero attached hydrogens (tertiary/aromatic N) is 3. The van der Waals surface area contributed by atoms with Crippen LogP contribution in [0, 0.1) is 13.8 Å². The minimum absolute atomic E-state index is 0.108. The van der Waals surface area contributed by atoms with Gasteiger partial charge in [-0.1, -0.05) is 23.8 Å². The van der Waals surface area contributed by atoms with E-state index in [0.717, 1.165) is 21.8 Å². The summed E-state index contributed by atoms with van der Waals surface area (Å²) in [6.07, 6.45) is 1.52. The third-order valence-electron chi connectivity index (χ3n) is 3.99. The molecule has 0 bridgehead atoms. The highest BCUT2D eigenvalue weighted by Crippen LogP contribution is 2.25. The highest BCUT2D eigenvalue weighted by atomic mass is 32.1. The van der Waals surface area contributed by atoms with E-state index in [9.17, 15) is 4.79 Å². The first kappa shape index (κ1) is 19.0. The Hall–Kier alpha value is -2.80. The van der Waals surface area contributed by atoms with Gasteiger partial charge < -0.3 is 10.1 Å². The number of rotatable bonds is 6. The van der Waals surface area contributed by atoms with Gasteiger partial charge in [-0.2, -0.15) is 0 Å². The molecule has 0 aliphatic rings. The maximum absolute atomic E-state index is 12.3. The second kappa shape index (κ2) is 8.26. The van der Waals surface area contributed by atoms with Crippen molar-refractivity contribution in [3.63, 3.8) is 0 Å². The van der Waals surface area contributed by atoms with Crippen molar-refractivity contribution in [1.29, 1.82) is 0 Å². The summed E-state index contributed by atoms with van der Waals surface area (Å²) in [6.45, 7) is 8.03. The first-order valence-electron chi connectivity index (χ1n) is 8.77. The molecule has 6 nitrogen and oxygen atoms in total. The Morgan fingerprint density at radius 3 is 2.78 bits per heavy atom. The van der Waals surface area contributed by atoms with Crippen molar-refractivity contribution >= 4 is 23.1 Å². The van der Waals surface area contributed by atoms with Gasteiger partial charge in [-0.3, -0.25) is 0 Å². The summed E-state index contributed by atoms with van der Waals surface area (Å²) in [6, 6.07) is 7.83. The quantitative estimate of drug-likeness (QED) is 0.630. The fourth-order valence-corrected chi connectivity index (χ4v) is 3.34. The van der Waals surface area contributed by atoms with Crippen LogP contribution in [0.25, 0.3) is 11.4 Å². The third kappa shape index (κ3) is 4.49. The number of esters is 1. The zero-order valence-corrected chi connectivity index (χ0v) is 16.6. The average molecular weight is 382 g/mol. The van der Waals surface area contributed by atoms with Crippen LogP contribution >= 0.6 is 11.3 Å². The average Bonchev–Trinajstić information content (AvgIpc) is 3.08. The Morgan fingerprint density at radius 1 is 1.30 bits per heavy atom. The Kier molecular flexibility index (Phi) is 5.81. The third-order valence-corrected chi connectivity index (χ3v) is 4.79. The predicted molar refractivity (Wildman–Crippen MR) is 107 cm³/mol. The van der Waals surface area contributed by atoms with Gasteiger partial charge >= 0.3 is 5.97 Å². The van der Waals surface area contributed by atoms with Crippen LogP contribution in [0.2, 0.25) is 0 Å². The smallest absolute Gasteiger partial charge is 0.343 e. The van der Waals surface area contributed by atoms with Crippen molar-refractivity contribution in [2.75, 3.05) is 11.9 Å². The fraction of sp³-hybridized carbons (Fsp3) is 0.300. The number of aromatic nitrogens is 3. The molecule has 7 heteroatoms. The van der Waals surface area contributed by atoms with Crippen LogP contribution in [0.3, 0.4) is 0 Å². The van der Waals surface area contributed by atoms with Gasteiger partial charge in [0.05, 0.1) is 23.4 Å². The van der Waals surface area contributed by atoms with E-state index in [2.05, 4.69) is 20.3 Å². The molecule has 0 amide bonds. The molecule has 1 N–H and O–H groups in total. The molecule has 27 heavy (non-hydrogen) atoms. The molecule has 0 saturated heterocycles. The highest BCUT2D eigenvalue weighted by molar-refractivity contribution is 7.09. The second-order valence-corrected chi connectivity index (χ2v) is 7.27. The fourth-order valence-electron chi connectivity index (χ4n) is 2.63. The van der Waals surface area contributed by atoms with Crippen LogP contribution in [0.1, 0.15) is 46.5 Å². The molecule has 0 fully saturated rings. The van der Waals surface area contributed by atoms with Gasteiger partial charge in [-0.05, 0) is 33.8 Å². The summed E-state index contributed by atoms with van der Waals surface area (Å²) in [5.41, 5.74) is 3.23. The topological polar surface area (TPSA) is 77.0 Å². The number of hydrogen-bond donors (Lipinski definition) is 1. The van der Waals surface area contributed by atoms with Crippen molar-refractivity contribution in [3.8, 4) is 11.4 Å². The number of carbonyl (C=O) groups excluding carboxylic acids is 1.